The normalized spacial score (nSPS) is 21.1. The fraction of sp³-hybridized carbons (Fsp3) is 0.267. The second kappa shape index (κ2) is 11.0. The first kappa shape index (κ1) is 26.6. The molecular formula is C30H29FN2O6. The van der Waals surface area contributed by atoms with Crippen molar-refractivity contribution in [1.29, 1.82) is 0 Å². The molecule has 1 fully saturated rings. The summed E-state index contributed by atoms with van der Waals surface area (Å²) in [6.07, 6.45) is -4.43. The van der Waals surface area contributed by atoms with Gasteiger partial charge in [0.1, 0.15) is 23.6 Å². The van der Waals surface area contributed by atoms with Gasteiger partial charge in [0, 0.05) is 11.8 Å². The van der Waals surface area contributed by atoms with Crippen molar-refractivity contribution in [2.45, 2.75) is 37.1 Å². The Morgan fingerprint density at radius 1 is 0.949 bits per heavy atom. The number of nitrogens with zero attached hydrogens (tertiary/aromatic N) is 1. The molecule has 0 saturated carbocycles. The number of halogens is 1. The number of alkyl halides is 1. The van der Waals surface area contributed by atoms with Crippen LogP contribution in [0.3, 0.4) is 0 Å². The van der Waals surface area contributed by atoms with E-state index in [9.17, 15) is 14.7 Å². The number of aliphatic hydroxyl groups is 1. The molecule has 39 heavy (non-hydrogen) atoms. The van der Waals surface area contributed by atoms with Crippen LogP contribution < -0.4 is 16.0 Å². The Morgan fingerprint density at radius 3 is 2.05 bits per heavy atom. The Labute approximate surface area is 224 Å². The molecule has 0 amide bonds. The highest BCUT2D eigenvalue weighted by Gasteiger charge is 2.52. The second-order valence-electron chi connectivity index (χ2n) is 9.39. The van der Waals surface area contributed by atoms with Crippen molar-refractivity contribution in [2.75, 3.05) is 13.7 Å². The number of hydrogen-bond donors (Lipinski definition) is 2. The lowest BCUT2D eigenvalue weighted by Crippen LogP contribution is -2.44. The quantitative estimate of drug-likeness (QED) is 0.337. The fourth-order valence-corrected chi connectivity index (χ4v) is 5.06. The van der Waals surface area contributed by atoms with Crippen LogP contribution in [0.2, 0.25) is 0 Å². The maximum absolute atomic E-state index is 16.4. The number of ether oxygens (including phenoxy) is 3. The van der Waals surface area contributed by atoms with Gasteiger partial charge in [0.25, 0.3) is 5.56 Å². The second-order valence-corrected chi connectivity index (χ2v) is 9.39. The average molecular weight is 533 g/mol. The zero-order valence-electron chi connectivity index (χ0n) is 21.5. The Balaban J connectivity index is 1.67. The summed E-state index contributed by atoms with van der Waals surface area (Å²) in [5.41, 5.74) is -0.328. The summed E-state index contributed by atoms with van der Waals surface area (Å²) in [4.78, 5) is 26.7. The highest BCUT2D eigenvalue weighted by atomic mass is 19.1. The van der Waals surface area contributed by atoms with Gasteiger partial charge >= 0.3 is 5.69 Å². The predicted molar refractivity (Wildman–Crippen MR) is 143 cm³/mol. The van der Waals surface area contributed by atoms with E-state index >= 15 is 4.39 Å². The summed E-state index contributed by atoms with van der Waals surface area (Å²) in [6, 6.07) is 26.1. The minimum atomic E-state index is -1.87. The zero-order chi connectivity index (χ0) is 27.6. The van der Waals surface area contributed by atoms with Crippen molar-refractivity contribution >= 4 is 0 Å². The van der Waals surface area contributed by atoms with Crippen LogP contribution in [0.1, 0.15) is 28.5 Å². The largest absolute Gasteiger partial charge is 0.497 e. The number of aromatic nitrogens is 2. The molecule has 0 aliphatic carbocycles. The lowest BCUT2D eigenvalue weighted by molar-refractivity contribution is -0.105. The van der Waals surface area contributed by atoms with Gasteiger partial charge in [-0.3, -0.25) is 14.3 Å². The van der Waals surface area contributed by atoms with E-state index in [0.29, 0.717) is 11.3 Å². The summed E-state index contributed by atoms with van der Waals surface area (Å²) in [5.74, 6) is 0.641. The number of hydrogen-bond acceptors (Lipinski definition) is 6. The summed E-state index contributed by atoms with van der Waals surface area (Å²) >= 11 is 0. The lowest BCUT2D eigenvalue weighted by atomic mass is 9.79. The molecule has 4 aromatic rings. The minimum absolute atomic E-state index is 0.219. The number of H-pyrrole nitrogens is 1. The summed E-state index contributed by atoms with van der Waals surface area (Å²) in [6.45, 7) is 0.953. The van der Waals surface area contributed by atoms with Crippen LogP contribution in [0.4, 0.5) is 4.39 Å². The average Bonchev–Trinajstić information content (AvgIpc) is 3.29. The van der Waals surface area contributed by atoms with Crippen LogP contribution in [-0.4, -0.2) is 46.8 Å². The van der Waals surface area contributed by atoms with E-state index < -0.39 is 48.1 Å². The maximum Gasteiger partial charge on any atom is 0.330 e. The number of aromatic amines is 1. The van der Waals surface area contributed by atoms with Gasteiger partial charge in [0.15, 0.2) is 12.4 Å². The molecule has 4 atom stereocenters. The van der Waals surface area contributed by atoms with Crippen LogP contribution in [0.15, 0.2) is 101 Å². The van der Waals surface area contributed by atoms with Gasteiger partial charge in [-0.2, -0.15) is 0 Å². The molecular weight excluding hydrogens is 503 g/mol. The third kappa shape index (κ3) is 4.80. The number of aryl methyl sites for hydroxylation is 1. The molecule has 202 valence electrons. The van der Waals surface area contributed by atoms with E-state index in [1.165, 1.54) is 13.1 Å². The van der Waals surface area contributed by atoms with Crippen molar-refractivity contribution in [3.05, 3.63) is 134 Å². The summed E-state index contributed by atoms with van der Waals surface area (Å²) in [7, 11) is 1.57. The Morgan fingerprint density at radius 2 is 1.51 bits per heavy atom. The Hall–Kier alpha value is -4.05. The van der Waals surface area contributed by atoms with Gasteiger partial charge in [-0.15, -0.1) is 0 Å². The third-order valence-electron chi connectivity index (χ3n) is 7.04. The first-order valence-electron chi connectivity index (χ1n) is 12.5. The summed E-state index contributed by atoms with van der Waals surface area (Å²) < 4.78 is 35.4. The highest BCUT2D eigenvalue weighted by Crippen LogP contribution is 2.45. The molecule has 1 aliphatic rings. The molecule has 1 aliphatic heterocycles. The highest BCUT2D eigenvalue weighted by molar-refractivity contribution is 5.48. The number of aliphatic hydroxyl groups excluding tert-OH is 1. The molecule has 0 bridgehead atoms. The molecule has 2 heterocycles. The van der Waals surface area contributed by atoms with Crippen LogP contribution in [-0.2, 0) is 15.1 Å². The molecule has 3 aromatic carbocycles. The molecule has 5 rings (SSSR count). The van der Waals surface area contributed by atoms with Gasteiger partial charge in [0.2, 0.25) is 0 Å². The molecule has 9 heteroatoms. The van der Waals surface area contributed by atoms with Gasteiger partial charge < -0.3 is 19.3 Å². The van der Waals surface area contributed by atoms with Gasteiger partial charge in [0.05, 0.1) is 13.7 Å². The Bertz CT molecular complexity index is 1480. The van der Waals surface area contributed by atoms with Crippen LogP contribution in [0.25, 0.3) is 0 Å². The standard InChI is InChI=1S/C30H29FN2O6/c1-19-17-33(29(36)32-27(19)35)28-25(31)26(24(18-34)38-28)39-30(20-9-5-3-6-10-20,21-11-7-4-8-12-21)22-13-15-23(37-2)16-14-22/h3-17,24-26,28,34H,18H2,1-2H3,(H,32,35,36)/t24-,25+,26-,28-/m1/s1. The molecule has 0 radical (unpaired) electrons. The molecule has 1 saturated heterocycles. The van der Waals surface area contributed by atoms with E-state index in [0.717, 1.165) is 15.7 Å². The smallest absolute Gasteiger partial charge is 0.330 e. The number of methoxy groups -OCH3 is 1. The predicted octanol–water partition coefficient (Wildman–Crippen LogP) is 3.46. The van der Waals surface area contributed by atoms with Crippen molar-refractivity contribution < 1.29 is 23.7 Å². The molecule has 2 N–H and O–H groups in total. The Kier molecular flexibility index (Phi) is 7.47. The van der Waals surface area contributed by atoms with E-state index in [2.05, 4.69) is 4.98 Å². The van der Waals surface area contributed by atoms with E-state index in [1.807, 2.05) is 72.8 Å². The first-order valence-corrected chi connectivity index (χ1v) is 12.5. The van der Waals surface area contributed by atoms with E-state index in [1.54, 1.807) is 19.2 Å². The van der Waals surface area contributed by atoms with Crippen molar-refractivity contribution in [3.8, 4) is 5.75 Å². The zero-order valence-corrected chi connectivity index (χ0v) is 21.5. The molecule has 0 spiro atoms. The van der Waals surface area contributed by atoms with Crippen molar-refractivity contribution in [3.63, 3.8) is 0 Å². The number of nitrogens with one attached hydrogen (secondary N) is 1. The monoisotopic (exact) mass is 532 g/mol. The van der Waals surface area contributed by atoms with Crippen molar-refractivity contribution in [1.82, 2.24) is 9.55 Å². The fourth-order valence-electron chi connectivity index (χ4n) is 5.06. The van der Waals surface area contributed by atoms with Crippen LogP contribution in [0.5, 0.6) is 5.75 Å². The van der Waals surface area contributed by atoms with Gasteiger partial charge in [-0.1, -0.05) is 72.8 Å². The molecule has 8 nitrogen and oxygen atoms in total. The SMILES string of the molecule is COc1ccc(C(O[C@H]2[C@H](F)[C@H](n3cc(C)c(=O)[nH]c3=O)O[C@@H]2CO)(c2ccccc2)c2ccccc2)cc1. The van der Waals surface area contributed by atoms with Crippen LogP contribution in [0, 0.1) is 6.92 Å². The van der Waals surface area contributed by atoms with Gasteiger partial charge in [-0.25, -0.2) is 9.18 Å². The van der Waals surface area contributed by atoms with E-state index in [4.69, 9.17) is 14.2 Å². The van der Waals surface area contributed by atoms with Crippen LogP contribution >= 0.6 is 0 Å². The molecule has 1 aromatic heterocycles. The maximum atomic E-state index is 16.4. The minimum Gasteiger partial charge on any atom is -0.497 e. The topological polar surface area (TPSA) is 103 Å². The van der Waals surface area contributed by atoms with E-state index in [-0.39, 0.29) is 5.56 Å². The lowest BCUT2D eigenvalue weighted by Gasteiger charge is -2.39. The third-order valence-corrected chi connectivity index (χ3v) is 7.04. The summed E-state index contributed by atoms with van der Waals surface area (Å²) in [5, 5.41) is 10.2. The van der Waals surface area contributed by atoms with Crippen molar-refractivity contribution in [2.24, 2.45) is 0 Å². The van der Waals surface area contributed by atoms with Gasteiger partial charge in [-0.05, 0) is 35.7 Å². The molecule has 0 unspecified atom stereocenters. The first-order chi connectivity index (χ1) is 18.9. The number of benzene rings is 3. The number of rotatable bonds is 8.